The molecule has 1 N–H and O–H groups in total. The third kappa shape index (κ3) is 3.82. The maximum atomic E-state index is 12.5. The highest BCUT2D eigenvalue weighted by Crippen LogP contribution is 2.30. The summed E-state index contributed by atoms with van der Waals surface area (Å²) >= 11 is 1.14. The maximum Gasteiger partial charge on any atom is 0.303 e. The van der Waals surface area contributed by atoms with Crippen molar-refractivity contribution in [2.75, 3.05) is 13.1 Å². The Morgan fingerprint density at radius 3 is 2.86 bits per heavy atom. The number of carbonyl (C=O) groups is 2. The molecule has 2 heterocycles. The molecule has 1 aliphatic rings. The summed E-state index contributed by atoms with van der Waals surface area (Å²) in [5, 5.41) is 19.6. The van der Waals surface area contributed by atoms with Gasteiger partial charge in [-0.2, -0.15) is 0 Å². The lowest BCUT2D eigenvalue weighted by molar-refractivity contribution is -0.385. The molecular weight excluding hydrogens is 308 g/mol. The first-order valence-electron chi connectivity index (χ1n) is 7.14. The van der Waals surface area contributed by atoms with Crippen LogP contribution in [0.3, 0.4) is 0 Å². The van der Waals surface area contributed by atoms with Crippen LogP contribution in [0.1, 0.15) is 40.2 Å². The van der Waals surface area contributed by atoms with Crippen molar-refractivity contribution < 1.29 is 19.6 Å². The van der Waals surface area contributed by atoms with Crippen molar-refractivity contribution in [3.8, 4) is 0 Å². The van der Waals surface area contributed by atoms with E-state index in [1.165, 1.54) is 6.07 Å². The molecule has 7 nitrogen and oxygen atoms in total. The van der Waals surface area contributed by atoms with Gasteiger partial charge in [-0.1, -0.05) is 0 Å². The molecule has 8 heteroatoms. The fraction of sp³-hybridized carbons (Fsp3) is 0.571. The number of carboxylic acid groups (broad SMARTS) is 1. The molecule has 22 heavy (non-hydrogen) atoms. The lowest BCUT2D eigenvalue weighted by Gasteiger charge is -2.32. The minimum Gasteiger partial charge on any atom is -0.481 e. The van der Waals surface area contributed by atoms with Crippen LogP contribution >= 0.6 is 11.3 Å². The van der Waals surface area contributed by atoms with Crippen LogP contribution in [0, 0.1) is 23.0 Å². The van der Waals surface area contributed by atoms with E-state index in [1.54, 1.807) is 11.8 Å². The molecule has 0 aliphatic carbocycles. The van der Waals surface area contributed by atoms with Gasteiger partial charge < -0.3 is 10.0 Å². The normalized spacial score (nSPS) is 18.2. The van der Waals surface area contributed by atoms with Crippen molar-refractivity contribution in [3.63, 3.8) is 0 Å². The summed E-state index contributed by atoms with van der Waals surface area (Å²) in [7, 11) is 0. The SMILES string of the molecule is Cc1sc(C(=O)N2CCCC(CCC(=O)O)C2)cc1[N+](=O)[O-]. The maximum absolute atomic E-state index is 12.5. The van der Waals surface area contributed by atoms with E-state index >= 15 is 0 Å². The Morgan fingerprint density at radius 2 is 2.27 bits per heavy atom. The smallest absolute Gasteiger partial charge is 0.303 e. The second kappa shape index (κ2) is 6.87. The fourth-order valence-electron chi connectivity index (χ4n) is 2.73. The largest absolute Gasteiger partial charge is 0.481 e. The lowest BCUT2D eigenvalue weighted by Crippen LogP contribution is -2.39. The minimum atomic E-state index is -0.826. The zero-order valence-electron chi connectivity index (χ0n) is 12.3. The van der Waals surface area contributed by atoms with Gasteiger partial charge in [-0.05, 0) is 32.1 Å². The molecule has 1 atom stereocenters. The predicted octanol–water partition coefficient (Wildman–Crippen LogP) is 2.68. The number of hydrogen-bond donors (Lipinski definition) is 1. The molecule has 1 unspecified atom stereocenters. The average molecular weight is 326 g/mol. The van der Waals surface area contributed by atoms with E-state index in [-0.39, 0.29) is 23.9 Å². The summed E-state index contributed by atoms with van der Waals surface area (Å²) in [4.78, 5) is 36.1. The Kier molecular flexibility index (Phi) is 5.12. The van der Waals surface area contributed by atoms with E-state index in [9.17, 15) is 19.7 Å². The number of hydrogen-bond acceptors (Lipinski definition) is 5. The highest BCUT2D eigenvalue weighted by molar-refractivity contribution is 7.14. The Hall–Kier alpha value is -1.96. The van der Waals surface area contributed by atoms with Crippen LogP contribution in [0.25, 0.3) is 0 Å². The highest BCUT2D eigenvalue weighted by atomic mass is 32.1. The standard InChI is InChI=1S/C14H18N2O5S/c1-9-11(16(20)21)7-12(22-9)14(19)15-6-2-3-10(8-15)4-5-13(17)18/h7,10H,2-6,8H2,1H3,(H,17,18). The lowest BCUT2D eigenvalue weighted by atomic mass is 9.93. The first-order chi connectivity index (χ1) is 10.4. The number of carbonyl (C=O) groups excluding carboxylic acids is 1. The van der Waals surface area contributed by atoms with E-state index in [0.29, 0.717) is 29.3 Å². The summed E-state index contributed by atoms with van der Waals surface area (Å²) < 4.78 is 0. The van der Waals surface area contributed by atoms with Gasteiger partial charge in [-0.25, -0.2) is 0 Å². The Bertz CT molecular complexity index is 598. The molecular formula is C14H18N2O5S. The van der Waals surface area contributed by atoms with Gasteiger partial charge in [0.15, 0.2) is 0 Å². The van der Waals surface area contributed by atoms with Crippen LogP contribution in [0.5, 0.6) is 0 Å². The van der Waals surface area contributed by atoms with Gasteiger partial charge in [0.05, 0.1) is 14.7 Å². The minimum absolute atomic E-state index is 0.0206. The number of aryl methyl sites for hydroxylation is 1. The summed E-state index contributed by atoms with van der Waals surface area (Å²) in [5.41, 5.74) is -0.0206. The Balaban J connectivity index is 2.04. The number of nitrogens with zero attached hydrogens (tertiary/aromatic N) is 2. The van der Waals surface area contributed by atoms with Gasteiger partial charge in [-0.15, -0.1) is 11.3 Å². The number of thiophene rings is 1. The second-order valence-electron chi connectivity index (χ2n) is 5.50. The quantitative estimate of drug-likeness (QED) is 0.662. The molecule has 120 valence electrons. The predicted molar refractivity (Wildman–Crippen MR) is 81.2 cm³/mol. The molecule has 2 rings (SSSR count). The van der Waals surface area contributed by atoms with Gasteiger partial charge in [-0.3, -0.25) is 19.7 Å². The van der Waals surface area contributed by atoms with Crippen molar-refractivity contribution in [2.45, 2.75) is 32.6 Å². The number of carboxylic acids is 1. The summed E-state index contributed by atoms with van der Waals surface area (Å²) in [6.07, 6.45) is 2.42. The van der Waals surface area contributed by atoms with Crippen LogP contribution in [0.15, 0.2) is 6.07 Å². The van der Waals surface area contributed by atoms with E-state index < -0.39 is 10.9 Å². The van der Waals surface area contributed by atoms with Gasteiger partial charge in [0.2, 0.25) is 0 Å². The third-order valence-corrected chi connectivity index (χ3v) is 4.90. The Labute approximate surface area is 131 Å². The molecule has 1 amide bonds. The summed E-state index contributed by atoms with van der Waals surface area (Å²) in [5.74, 6) is -0.834. The first kappa shape index (κ1) is 16.4. The zero-order chi connectivity index (χ0) is 16.3. The molecule has 0 saturated carbocycles. The fourth-order valence-corrected chi connectivity index (χ4v) is 3.68. The van der Waals surface area contributed by atoms with Gasteiger partial charge in [0.1, 0.15) is 0 Å². The number of rotatable bonds is 5. The van der Waals surface area contributed by atoms with Crippen LogP contribution in [0.4, 0.5) is 5.69 Å². The molecule has 1 aromatic heterocycles. The third-order valence-electron chi connectivity index (χ3n) is 3.87. The zero-order valence-corrected chi connectivity index (χ0v) is 13.1. The topological polar surface area (TPSA) is 101 Å². The van der Waals surface area contributed by atoms with Crippen molar-refractivity contribution >= 4 is 28.9 Å². The summed E-state index contributed by atoms with van der Waals surface area (Å²) in [6.45, 7) is 2.77. The van der Waals surface area contributed by atoms with Gasteiger partial charge in [0, 0.05) is 25.6 Å². The molecule has 1 aliphatic heterocycles. The highest BCUT2D eigenvalue weighted by Gasteiger charge is 2.27. The van der Waals surface area contributed by atoms with Crippen molar-refractivity contribution in [2.24, 2.45) is 5.92 Å². The molecule has 0 radical (unpaired) electrons. The molecule has 0 aromatic carbocycles. The van der Waals surface area contributed by atoms with Gasteiger partial charge in [0.25, 0.3) is 11.6 Å². The van der Waals surface area contributed by atoms with Crippen LogP contribution in [0.2, 0.25) is 0 Å². The van der Waals surface area contributed by atoms with E-state index in [4.69, 9.17) is 5.11 Å². The molecule has 0 bridgehead atoms. The van der Waals surface area contributed by atoms with Crippen molar-refractivity contribution in [1.82, 2.24) is 4.90 Å². The molecule has 1 fully saturated rings. The van der Waals surface area contributed by atoms with E-state index in [0.717, 1.165) is 24.2 Å². The summed E-state index contributed by atoms with van der Waals surface area (Å²) in [6, 6.07) is 1.34. The van der Waals surface area contributed by atoms with Crippen molar-refractivity contribution in [1.29, 1.82) is 0 Å². The average Bonchev–Trinajstić information content (AvgIpc) is 2.87. The van der Waals surface area contributed by atoms with Crippen LogP contribution in [-0.2, 0) is 4.79 Å². The number of likely N-dealkylation sites (tertiary alicyclic amines) is 1. The monoisotopic (exact) mass is 326 g/mol. The van der Waals surface area contributed by atoms with Crippen LogP contribution in [-0.4, -0.2) is 39.9 Å². The number of amides is 1. The van der Waals surface area contributed by atoms with Crippen LogP contribution < -0.4 is 0 Å². The molecule has 1 aromatic rings. The Morgan fingerprint density at radius 1 is 1.55 bits per heavy atom. The first-order valence-corrected chi connectivity index (χ1v) is 7.96. The molecule has 1 saturated heterocycles. The van der Waals surface area contributed by atoms with Crippen molar-refractivity contribution in [3.05, 3.63) is 25.9 Å². The molecule has 0 spiro atoms. The van der Waals surface area contributed by atoms with E-state index in [2.05, 4.69) is 0 Å². The number of aliphatic carboxylic acids is 1. The second-order valence-corrected chi connectivity index (χ2v) is 6.76. The number of piperidine rings is 1. The number of nitro groups is 1. The van der Waals surface area contributed by atoms with Gasteiger partial charge >= 0.3 is 5.97 Å². The van der Waals surface area contributed by atoms with E-state index in [1.807, 2.05) is 0 Å².